The summed E-state index contributed by atoms with van der Waals surface area (Å²) in [5.41, 5.74) is 2.09. The first-order valence-corrected chi connectivity index (χ1v) is 8.79. The van der Waals surface area contributed by atoms with Gasteiger partial charge in [0, 0.05) is 18.3 Å². The lowest BCUT2D eigenvalue weighted by Gasteiger charge is -2.26. The molecule has 0 spiro atoms. The Morgan fingerprint density at radius 1 is 1.08 bits per heavy atom. The second-order valence-corrected chi connectivity index (χ2v) is 6.35. The summed E-state index contributed by atoms with van der Waals surface area (Å²) < 4.78 is 5.22. The van der Waals surface area contributed by atoms with Gasteiger partial charge in [-0.1, -0.05) is 44.2 Å². The Bertz CT molecular complexity index is 653. The minimum atomic E-state index is 0.0767. The molecule has 0 saturated heterocycles. The van der Waals surface area contributed by atoms with E-state index in [1.165, 1.54) is 0 Å². The van der Waals surface area contributed by atoms with Gasteiger partial charge < -0.3 is 15.0 Å². The predicted octanol–water partition coefficient (Wildman–Crippen LogP) is 4.04. The van der Waals surface area contributed by atoms with Crippen molar-refractivity contribution in [3.8, 4) is 5.75 Å². The number of ether oxygens (including phenoxy) is 1. The number of carbonyl (C=O) groups is 1. The molecule has 0 aliphatic heterocycles. The molecule has 0 fully saturated rings. The van der Waals surface area contributed by atoms with Crippen LogP contribution in [-0.4, -0.2) is 26.1 Å². The third-order valence-electron chi connectivity index (χ3n) is 4.30. The van der Waals surface area contributed by atoms with Crippen molar-refractivity contribution in [1.82, 2.24) is 5.32 Å². The molecule has 0 bridgehead atoms. The van der Waals surface area contributed by atoms with Crippen LogP contribution in [0.1, 0.15) is 32.4 Å². The fraction of sp³-hybridized carbons (Fsp3) is 0.381. The summed E-state index contributed by atoms with van der Waals surface area (Å²) in [5, 5.41) is 3.43. The van der Waals surface area contributed by atoms with Crippen LogP contribution in [0.2, 0.25) is 0 Å². The Labute approximate surface area is 150 Å². The Balaban J connectivity index is 2.05. The molecule has 1 N–H and O–H groups in total. The molecule has 0 aromatic heterocycles. The number of amides is 1. The SMILES string of the molecule is CCN(C(=O)CNC(c1ccc(OC)cc1)C(C)C)c1ccccc1. The molecule has 1 atom stereocenters. The molecule has 25 heavy (non-hydrogen) atoms. The molecular formula is C21H28N2O2. The van der Waals surface area contributed by atoms with Gasteiger partial charge in [0.25, 0.3) is 0 Å². The van der Waals surface area contributed by atoms with Crippen LogP contribution in [0.25, 0.3) is 0 Å². The van der Waals surface area contributed by atoms with Crippen LogP contribution in [0.5, 0.6) is 5.75 Å². The lowest BCUT2D eigenvalue weighted by Crippen LogP contribution is -2.40. The first kappa shape index (κ1) is 19.0. The molecule has 2 aromatic carbocycles. The molecule has 0 saturated carbocycles. The topological polar surface area (TPSA) is 41.6 Å². The van der Waals surface area contributed by atoms with Crippen molar-refractivity contribution in [2.24, 2.45) is 5.92 Å². The van der Waals surface area contributed by atoms with Crippen LogP contribution in [0, 0.1) is 5.92 Å². The first-order valence-electron chi connectivity index (χ1n) is 8.79. The molecule has 2 rings (SSSR count). The van der Waals surface area contributed by atoms with Crippen LogP contribution < -0.4 is 15.0 Å². The van der Waals surface area contributed by atoms with Crippen LogP contribution in [0.4, 0.5) is 5.69 Å². The van der Waals surface area contributed by atoms with Gasteiger partial charge >= 0.3 is 0 Å². The van der Waals surface area contributed by atoms with E-state index in [4.69, 9.17) is 4.74 Å². The predicted molar refractivity (Wildman–Crippen MR) is 103 cm³/mol. The van der Waals surface area contributed by atoms with Gasteiger partial charge in [0.15, 0.2) is 0 Å². The van der Waals surface area contributed by atoms with E-state index in [0.717, 1.165) is 17.0 Å². The second kappa shape index (κ2) is 9.23. The lowest BCUT2D eigenvalue weighted by molar-refractivity contribution is -0.117. The van der Waals surface area contributed by atoms with E-state index in [0.29, 0.717) is 19.0 Å². The maximum atomic E-state index is 12.7. The van der Waals surface area contributed by atoms with E-state index in [1.807, 2.05) is 49.4 Å². The Morgan fingerprint density at radius 3 is 2.24 bits per heavy atom. The van der Waals surface area contributed by atoms with Crippen LogP contribution in [-0.2, 0) is 4.79 Å². The monoisotopic (exact) mass is 340 g/mol. The van der Waals surface area contributed by atoms with Gasteiger partial charge in [0.1, 0.15) is 5.75 Å². The Morgan fingerprint density at radius 2 is 1.72 bits per heavy atom. The Hall–Kier alpha value is -2.33. The quantitative estimate of drug-likeness (QED) is 0.789. The van der Waals surface area contributed by atoms with E-state index in [1.54, 1.807) is 12.0 Å². The summed E-state index contributed by atoms with van der Waals surface area (Å²) in [4.78, 5) is 14.5. The highest BCUT2D eigenvalue weighted by atomic mass is 16.5. The summed E-state index contributed by atoms with van der Waals surface area (Å²) in [6.45, 7) is 7.26. The summed E-state index contributed by atoms with van der Waals surface area (Å²) in [5.74, 6) is 1.28. The largest absolute Gasteiger partial charge is 0.497 e. The summed E-state index contributed by atoms with van der Waals surface area (Å²) >= 11 is 0. The zero-order valence-corrected chi connectivity index (χ0v) is 15.5. The third kappa shape index (κ3) is 5.07. The van der Waals surface area contributed by atoms with Crippen molar-refractivity contribution < 1.29 is 9.53 Å². The maximum absolute atomic E-state index is 12.7. The average Bonchev–Trinajstić information content (AvgIpc) is 2.63. The standard InChI is InChI=1S/C21H28N2O2/c1-5-23(18-9-7-6-8-10-18)20(24)15-22-21(16(2)3)17-11-13-19(25-4)14-12-17/h6-14,16,21-22H,5,15H2,1-4H3. The van der Waals surface area contributed by atoms with E-state index >= 15 is 0 Å². The number of hydrogen-bond acceptors (Lipinski definition) is 3. The molecule has 4 heteroatoms. The zero-order chi connectivity index (χ0) is 18.2. The van der Waals surface area contributed by atoms with Crippen molar-refractivity contribution in [3.05, 3.63) is 60.2 Å². The van der Waals surface area contributed by atoms with Gasteiger partial charge in [-0.25, -0.2) is 0 Å². The van der Waals surface area contributed by atoms with Crippen molar-refractivity contribution in [1.29, 1.82) is 0 Å². The molecule has 0 radical (unpaired) electrons. The number of likely N-dealkylation sites (N-methyl/N-ethyl adjacent to an activating group) is 1. The Kier molecular flexibility index (Phi) is 7.02. The molecule has 0 aliphatic carbocycles. The normalized spacial score (nSPS) is 12.0. The number of nitrogens with zero attached hydrogens (tertiary/aromatic N) is 1. The molecule has 134 valence electrons. The van der Waals surface area contributed by atoms with Gasteiger partial charge in [-0.15, -0.1) is 0 Å². The molecule has 0 heterocycles. The lowest BCUT2D eigenvalue weighted by atomic mass is 9.96. The first-order chi connectivity index (χ1) is 12.1. The van der Waals surface area contributed by atoms with Crippen molar-refractivity contribution >= 4 is 11.6 Å². The van der Waals surface area contributed by atoms with Crippen LogP contribution in [0.3, 0.4) is 0 Å². The van der Waals surface area contributed by atoms with E-state index in [2.05, 4.69) is 31.3 Å². The minimum Gasteiger partial charge on any atom is -0.497 e. The van der Waals surface area contributed by atoms with Crippen molar-refractivity contribution in [3.63, 3.8) is 0 Å². The average molecular weight is 340 g/mol. The maximum Gasteiger partial charge on any atom is 0.240 e. The van der Waals surface area contributed by atoms with Crippen LogP contribution >= 0.6 is 0 Å². The highest BCUT2D eigenvalue weighted by Crippen LogP contribution is 2.24. The highest BCUT2D eigenvalue weighted by molar-refractivity contribution is 5.94. The number of para-hydroxylation sites is 1. The zero-order valence-electron chi connectivity index (χ0n) is 15.5. The number of hydrogen-bond donors (Lipinski definition) is 1. The van der Waals surface area contributed by atoms with Gasteiger partial charge in [-0.2, -0.15) is 0 Å². The second-order valence-electron chi connectivity index (χ2n) is 6.35. The molecule has 4 nitrogen and oxygen atoms in total. The summed E-state index contributed by atoms with van der Waals surface area (Å²) in [6, 6.07) is 17.9. The van der Waals surface area contributed by atoms with Gasteiger partial charge in [-0.05, 0) is 42.7 Å². The fourth-order valence-electron chi connectivity index (χ4n) is 2.95. The number of anilines is 1. The molecule has 1 amide bonds. The summed E-state index contributed by atoms with van der Waals surface area (Å²) in [6.07, 6.45) is 0. The number of rotatable bonds is 8. The smallest absolute Gasteiger partial charge is 0.240 e. The van der Waals surface area contributed by atoms with Crippen molar-refractivity contribution in [2.45, 2.75) is 26.8 Å². The third-order valence-corrected chi connectivity index (χ3v) is 4.30. The van der Waals surface area contributed by atoms with E-state index in [-0.39, 0.29) is 11.9 Å². The highest BCUT2D eigenvalue weighted by Gasteiger charge is 2.19. The van der Waals surface area contributed by atoms with E-state index < -0.39 is 0 Å². The number of methoxy groups -OCH3 is 1. The summed E-state index contributed by atoms with van der Waals surface area (Å²) in [7, 11) is 1.66. The molecule has 2 aromatic rings. The number of carbonyl (C=O) groups excluding carboxylic acids is 1. The van der Waals surface area contributed by atoms with E-state index in [9.17, 15) is 4.79 Å². The fourth-order valence-corrected chi connectivity index (χ4v) is 2.95. The minimum absolute atomic E-state index is 0.0767. The molecule has 0 aliphatic rings. The molecule has 1 unspecified atom stereocenters. The van der Waals surface area contributed by atoms with Crippen molar-refractivity contribution in [2.75, 3.05) is 25.1 Å². The van der Waals surface area contributed by atoms with Gasteiger partial charge in [0.05, 0.1) is 13.7 Å². The molecular weight excluding hydrogens is 312 g/mol. The number of nitrogens with one attached hydrogen (secondary N) is 1. The number of benzene rings is 2. The van der Waals surface area contributed by atoms with Crippen LogP contribution in [0.15, 0.2) is 54.6 Å². The van der Waals surface area contributed by atoms with Gasteiger partial charge in [-0.3, -0.25) is 4.79 Å². The van der Waals surface area contributed by atoms with Gasteiger partial charge in [0.2, 0.25) is 5.91 Å².